The van der Waals surface area contributed by atoms with Crippen LogP contribution in [-0.4, -0.2) is 35.7 Å². The first kappa shape index (κ1) is 8.02. The molecular formula is C8H17NO. The Balaban J connectivity index is 2.27. The summed E-state index contributed by atoms with van der Waals surface area (Å²) in [7, 11) is 2.04. The minimum atomic E-state index is -0.358. The van der Waals surface area contributed by atoms with E-state index in [1.54, 1.807) is 0 Å². The third kappa shape index (κ3) is 1.70. The van der Waals surface area contributed by atoms with Gasteiger partial charge in [0.1, 0.15) is 0 Å². The minimum absolute atomic E-state index is 0.358. The van der Waals surface area contributed by atoms with Crippen molar-refractivity contribution in [2.75, 3.05) is 20.1 Å². The highest BCUT2D eigenvalue weighted by Gasteiger charge is 2.38. The zero-order chi connectivity index (χ0) is 7.78. The van der Waals surface area contributed by atoms with Crippen LogP contribution in [0.5, 0.6) is 0 Å². The molecule has 0 unspecified atom stereocenters. The SMILES string of the molecule is CC(C)CC1(O)CN(C)C1. The molecule has 0 spiro atoms. The molecule has 1 N–H and O–H groups in total. The van der Waals surface area contributed by atoms with Crippen molar-refractivity contribution in [3.05, 3.63) is 0 Å². The second-order valence-corrected chi connectivity index (χ2v) is 3.99. The van der Waals surface area contributed by atoms with Gasteiger partial charge in [0.25, 0.3) is 0 Å². The molecule has 2 nitrogen and oxygen atoms in total. The molecule has 10 heavy (non-hydrogen) atoms. The third-order valence-electron chi connectivity index (χ3n) is 1.92. The van der Waals surface area contributed by atoms with Crippen molar-refractivity contribution in [1.82, 2.24) is 4.90 Å². The van der Waals surface area contributed by atoms with Gasteiger partial charge in [-0.15, -0.1) is 0 Å². The fraction of sp³-hybridized carbons (Fsp3) is 1.00. The van der Waals surface area contributed by atoms with Gasteiger partial charge in [0, 0.05) is 13.1 Å². The van der Waals surface area contributed by atoms with Gasteiger partial charge in [-0.2, -0.15) is 0 Å². The van der Waals surface area contributed by atoms with Crippen molar-refractivity contribution in [2.45, 2.75) is 25.9 Å². The molecule has 1 fully saturated rings. The Kier molecular flexibility index (Phi) is 2.02. The maximum atomic E-state index is 9.71. The third-order valence-corrected chi connectivity index (χ3v) is 1.92. The number of rotatable bonds is 2. The summed E-state index contributed by atoms with van der Waals surface area (Å²) in [6.45, 7) is 6.00. The Labute approximate surface area is 62.8 Å². The highest BCUT2D eigenvalue weighted by atomic mass is 16.3. The fourth-order valence-corrected chi connectivity index (χ4v) is 1.85. The van der Waals surface area contributed by atoms with Crippen LogP contribution >= 0.6 is 0 Å². The standard InChI is InChI=1S/C8H17NO/c1-7(2)4-8(10)5-9(3)6-8/h7,10H,4-6H2,1-3H3. The lowest BCUT2D eigenvalue weighted by atomic mass is 9.86. The van der Waals surface area contributed by atoms with Crippen molar-refractivity contribution in [3.63, 3.8) is 0 Å². The minimum Gasteiger partial charge on any atom is -0.387 e. The number of likely N-dealkylation sites (N-methyl/N-ethyl adjacent to an activating group) is 1. The first-order valence-electron chi connectivity index (χ1n) is 3.93. The van der Waals surface area contributed by atoms with Crippen LogP contribution in [0.25, 0.3) is 0 Å². The summed E-state index contributed by atoms with van der Waals surface area (Å²) in [6.07, 6.45) is 0.942. The van der Waals surface area contributed by atoms with Crippen LogP contribution in [0.15, 0.2) is 0 Å². The Morgan fingerprint density at radius 1 is 1.50 bits per heavy atom. The Bertz CT molecular complexity index is 116. The van der Waals surface area contributed by atoms with Crippen LogP contribution in [0.2, 0.25) is 0 Å². The van der Waals surface area contributed by atoms with E-state index in [9.17, 15) is 5.11 Å². The zero-order valence-electron chi connectivity index (χ0n) is 7.09. The first-order valence-corrected chi connectivity index (χ1v) is 3.93. The van der Waals surface area contributed by atoms with E-state index in [1.165, 1.54) is 0 Å². The number of likely N-dealkylation sites (tertiary alicyclic amines) is 1. The molecule has 0 amide bonds. The number of hydrogen-bond acceptors (Lipinski definition) is 2. The van der Waals surface area contributed by atoms with Gasteiger partial charge in [0.15, 0.2) is 0 Å². The summed E-state index contributed by atoms with van der Waals surface area (Å²) < 4.78 is 0. The molecule has 0 aromatic heterocycles. The van der Waals surface area contributed by atoms with Crippen LogP contribution in [-0.2, 0) is 0 Å². The van der Waals surface area contributed by atoms with E-state index < -0.39 is 0 Å². The van der Waals surface area contributed by atoms with Gasteiger partial charge < -0.3 is 10.0 Å². The number of nitrogens with zero attached hydrogens (tertiary/aromatic N) is 1. The fourth-order valence-electron chi connectivity index (χ4n) is 1.85. The lowest BCUT2D eigenvalue weighted by molar-refractivity contribution is -0.0978. The highest BCUT2D eigenvalue weighted by molar-refractivity contribution is 4.93. The Morgan fingerprint density at radius 3 is 2.30 bits per heavy atom. The Hall–Kier alpha value is -0.0800. The van der Waals surface area contributed by atoms with Crippen LogP contribution < -0.4 is 0 Å². The maximum Gasteiger partial charge on any atom is 0.0902 e. The van der Waals surface area contributed by atoms with Crippen molar-refractivity contribution in [2.24, 2.45) is 5.92 Å². The maximum absolute atomic E-state index is 9.71. The molecule has 0 saturated carbocycles. The molecule has 0 atom stereocenters. The quantitative estimate of drug-likeness (QED) is 0.615. The molecule has 60 valence electrons. The van der Waals surface area contributed by atoms with E-state index in [0.717, 1.165) is 19.5 Å². The highest BCUT2D eigenvalue weighted by Crippen LogP contribution is 2.25. The second kappa shape index (κ2) is 2.51. The molecule has 0 aromatic rings. The van der Waals surface area contributed by atoms with Gasteiger partial charge in [0.2, 0.25) is 0 Å². The molecule has 0 aromatic carbocycles. The summed E-state index contributed by atoms with van der Waals surface area (Å²) in [6, 6.07) is 0. The smallest absolute Gasteiger partial charge is 0.0902 e. The Morgan fingerprint density at radius 2 is 2.00 bits per heavy atom. The van der Waals surface area contributed by atoms with E-state index in [2.05, 4.69) is 18.7 Å². The van der Waals surface area contributed by atoms with Crippen molar-refractivity contribution >= 4 is 0 Å². The van der Waals surface area contributed by atoms with Gasteiger partial charge in [-0.05, 0) is 19.4 Å². The zero-order valence-corrected chi connectivity index (χ0v) is 7.09. The summed E-state index contributed by atoms with van der Waals surface area (Å²) in [5.41, 5.74) is -0.358. The van der Waals surface area contributed by atoms with Crippen LogP contribution in [0, 0.1) is 5.92 Å². The van der Waals surface area contributed by atoms with E-state index in [4.69, 9.17) is 0 Å². The molecule has 1 rings (SSSR count). The molecule has 0 radical (unpaired) electrons. The molecule has 1 aliphatic rings. The average Bonchev–Trinajstić information content (AvgIpc) is 1.57. The molecule has 0 bridgehead atoms. The van der Waals surface area contributed by atoms with E-state index in [0.29, 0.717) is 5.92 Å². The first-order chi connectivity index (χ1) is 4.52. The van der Waals surface area contributed by atoms with Gasteiger partial charge in [-0.3, -0.25) is 0 Å². The average molecular weight is 143 g/mol. The second-order valence-electron chi connectivity index (χ2n) is 3.99. The lowest BCUT2D eigenvalue weighted by Gasteiger charge is -2.45. The predicted molar refractivity (Wildman–Crippen MR) is 41.9 cm³/mol. The van der Waals surface area contributed by atoms with Crippen LogP contribution in [0.3, 0.4) is 0 Å². The lowest BCUT2D eigenvalue weighted by Crippen LogP contribution is -2.60. The van der Waals surface area contributed by atoms with Gasteiger partial charge >= 0.3 is 0 Å². The molecule has 1 heterocycles. The summed E-state index contributed by atoms with van der Waals surface area (Å²) in [5, 5.41) is 9.71. The number of β-amino-alcohol motifs (C(OH)–C–C–N with tert-alkyl or cyclic N) is 1. The van der Waals surface area contributed by atoms with Gasteiger partial charge in [0.05, 0.1) is 5.60 Å². The topological polar surface area (TPSA) is 23.5 Å². The van der Waals surface area contributed by atoms with E-state index in [1.807, 2.05) is 7.05 Å². The van der Waals surface area contributed by atoms with E-state index in [-0.39, 0.29) is 5.60 Å². The molecule has 1 aliphatic heterocycles. The van der Waals surface area contributed by atoms with Gasteiger partial charge in [-0.1, -0.05) is 13.8 Å². The normalized spacial score (nSPS) is 24.9. The predicted octanol–water partition coefficient (Wildman–Crippen LogP) is 0.709. The number of aliphatic hydroxyl groups is 1. The van der Waals surface area contributed by atoms with Crippen molar-refractivity contribution in [1.29, 1.82) is 0 Å². The van der Waals surface area contributed by atoms with Crippen LogP contribution in [0.1, 0.15) is 20.3 Å². The summed E-state index contributed by atoms with van der Waals surface area (Å²) >= 11 is 0. The molecule has 0 aliphatic carbocycles. The number of hydrogen-bond donors (Lipinski definition) is 1. The summed E-state index contributed by atoms with van der Waals surface area (Å²) in [5.74, 6) is 0.610. The van der Waals surface area contributed by atoms with Crippen molar-refractivity contribution in [3.8, 4) is 0 Å². The van der Waals surface area contributed by atoms with Crippen molar-refractivity contribution < 1.29 is 5.11 Å². The van der Waals surface area contributed by atoms with Crippen LogP contribution in [0.4, 0.5) is 0 Å². The molecule has 1 saturated heterocycles. The van der Waals surface area contributed by atoms with E-state index >= 15 is 0 Å². The molecular weight excluding hydrogens is 126 g/mol. The van der Waals surface area contributed by atoms with Gasteiger partial charge in [-0.25, -0.2) is 0 Å². The largest absolute Gasteiger partial charge is 0.387 e. The monoisotopic (exact) mass is 143 g/mol. The molecule has 2 heteroatoms. The summed E-state index contributed by atoms with van der Waals surface area (Å²) in [4.78, 5) is 2.14.